The lowest BCUT2D eigenvalue weighted by Crippen LogP contribution is -2.30. The minimum atomic E-state index is -4.68. The van der Waals surface area contributed by atoms with Crippen LogP contribution in [0.5, 0.6) is 0 Å². The molecular weight excluding hydrogens is 528 g/mol. The second-order valence-electron chi connectivity index (χ2n) is 6.71. The molecule has 0 aliphatic heterocycles. The van der Waals surface area contributed by atoms with Gasteiger partial charge in [0, 0.05) is 0 Å². The summed E-state index contributed by atoms with van der Waals surface area (Å²) in [5, 5.41) is 0. The minimum absolute atomic E-state index is 0.427. The van der Waals surface area contributed by atoms with Gasteiger partial charge in [0.05, 0.1) is 21.3 Å². The average Bonchev–Trinajstić information content (AvgIpc) is 2.78. The molecule has 0 amide bonds. The molecule has 16 heteroatoms. The smallest absolute Gasteiger partial charge is 0.359 e. The van der Waals surface area contributed by atoms with Gasteiger partial charge in [0.25, 0.3) is 39.3 Å². The Kier molecular flexibility index (Phi) is 8.42. The fourth-order valence-electron chi connectivity index (χ4n) is 2.73. The van der Waals surface area contributed by atoms with Crippen molar-refractivity contribution >= 4 is 48.1 Å². The zero-order chi connectivity index (χ0) is 25.6. The van der Waals surface area contributed by atoms with E-state index in [9.17, 15) is 33.7 Å². The van der Waals surface area contributed by atoms with Crippen LogP contribution >= 0.6 is 0 Å². The van der Waals surface area contributed by atoms with E-state index in [1.807, 2.05) is 0 Å². The van der Waals surface area contributed by atoms with E-state index >= 15 is 0 Å². The molecule has 2 aromatic rings. The second-order valence-corrected chi connectivity index (χ2v) is 15.0. The number of nitrogens with zero attached hydrogens (tertiary/aromatic N) is 4. The summed E-state index contributed by atoms with van der Waals surface area (Å²) in [4.78, 5) is 4.01. The zero-order valence-electron chi connectivity index (χ0n) is 17.3. The van der Waals surface area contributed by atoms with Gasteiger partial charge in [-0.1, -0.05) is 36.4 Å². The van der Waals surface area contributed by atoms with Gasteiger partial charge in [-0.3, -0.25) is 0 Å². The Morgan fingerprint density at radius 2 is 0.853 bits per heavy atom. The van der Waals surface area contributed by atoms with Gasteiger partial charge in [0.1, 0.15) is 0 Å². The van der Waals surface area contributed by atoms with Gasteiger partial charge in [0.2, 0.25) is 0 Å². The monoisotopic (exact) mass is 546 g/mol. The van der Waals surface area contributed by atoms with Crippen molar-refractivity contribution in [1.82, 2.24) is 0 Å². The third kappa shape index (κ3) is 5.91. The van der Waals surface area contributed by atoms with Crippen LogP contribution in [0.3, 0.4) is 0 Å². The number of benzene rings is 2. The van der Waals surface area contributed by atoms with Gasteiger partial charge in [-0.2, -0.15) is 0 Å². The Morgan fingerprint density at radius 1 is 0.559 bits per heavy atom. The Balaban J connectivity index is 2.16. The van der Waals surface area contributed by atoms with E-state index in [4.69, 9.17) is 11.1 Å². The molecule has 0 spiro atoms. The first-order valence-electron chi connectivity index (χ1n) is 9.30. The molecule has 0 aliphatic rings. The summed E-state index contributed by atoms with van der Waals surface area (Å²) in [6, 6.07) is 12.7. The highest BCUT2D eigenvalue weighted by molar-refractivity contribution is 8.31. The molecule has 0 atom stereocenters. The Bertz CT molecular complexity index is 1470. The maximum absolute atomic E-state index is 12.5. The summed E-state index contributed by atoms with van der Waals surface area (Å²) < 4.78 is 96.8. The molecule has 0 saturated heterocycles. The lowest BCUT2D eigenvalue weighted by atomic mass is 10.4. The molecule has 0 unspecified atom stereocenters. The first-order chi connectivity index (χ1) is 15.8. The van der Waals surface area contributed by atoms with E-state index in [1.54, 1.807) is 0 Å². The average molecular weight is 547 g/mol. The molecular formula is C18H18N4O8S4. The first kappa shape index (κ1) is 27.2. The van der Waals surface area contributed by atoms with Gasteiger partial charge in [-0.15, -0.1) is 9.58 Å². The lowest BCUT2D eigenvalue weighted by molar-refractivity contribution is 0.00347. The molecule has 0 radical (unpaired) electrons. The number of unbranched alkanes of at least 4 members (excludes halogenated alkanes) is 1. The predicted octanol–water partition coefficient (Wildman–Crippen LogP) is 0.716. The van der Waals surface area contributed by atoms with Crippen LogP contribution in [0.25, 0.3) is 11.1 Å². The highest BCUT2D eigenvalue weighted by Crippen LogP contribution is 2.17. The molecule has 0 aliphatic carbocycles. The summed E-state index contributed by atoms with van der Waals surface area (Å²) in [7, 11) is -18.7. The third-order valence-corrected chi connectivity index (χ3v) is 12.9. The fourth-order valence-corrected chi connectivity index (χ4v) is 9.89. The molecule has 0 bridgehead atoms. The van der Waals surface area contributed by atoms with Crippen molar-refractivity contribution in [3.05, 3.63) is 71.7 Å². The van der Waals surface area contributed by atoms with E-state index in [2.05, 4.69) is 9.58 Å². The molecule has 2 aromatic carbocycles. The first-order valence-corrected chi connectivity index (χ1v) is 15.6. The molecule has 2 rings (SSSR count). The molecule has 0 saturated carbocycles. The SMILES string of the molecule is [N-]=[N+]=C(S(=O)(=O)CCCCS(=O)(=O)C(=[N+]=[N-])S(=O)(=O)c1ccccc1)S(=O)(=O)c1ccccc1. The number of sulfone groups is 4. The van der Waals surface area contributed by atoms with Crippen LogP contribution in [-0.2, 0) is 39.3 Å². The normalized spacial score (nSPS) is 12.4. The van der Waals surface area contributed by atoms with Crippen LogP contribution in [0.4, 0.5) is 0 Å². The van der Waals surface area contributed by atoms with Crippen molar-refractivity contribution in [1.29, 1.82) is 0 Å². The number of hydrogen-bond acceptors (Lipinski definition) is 8. The molecule has 182 valence electrons. The third-order valence-electron chi connectivity index (χ3n) is 4.34. The molecule has 34 heavy (non-hydrogen) atoms. The van der Waals surface area contributed by atoms with Crippen molar-refractivity contribution in [2.24, 2.45) is 0 Å². The van der Waals surface area contributed by atoms with Crippen molar-refractivity contribution in [3.63, 3.8) is 0 Å². The van der Waals surface area contributed by atoms with Crippen LogP contribution in [0.2, 0.25) is 0 Å². The number of rotatable bonds is 7. The predicted molar refractivity (Wildman–Crippen MR) is 121 cm³/mol. The summed E-state index contributed by atoms with van der Waals surface area (Å²) in [5.74, 6) is -1.82. The topological polar surface area (TPSA) is 209 Å². The summed E-state index contributed by atoms with van der Waals surface area (Å²) >= 11 is 0. The molecule has 0 aromatic heterocycles. The largest absolute Gasteiger partial charge is 0.499 e. The van der Waals surface area contributed by atoms with E-state index in [0.29, 0.717) is 0 Å². The van der Waals surface area contributed by atoms with Crippen molar-refractivity contribution in [2.45, 2.75) is 22.6 Å². The maximum atomic E-state index is 12.5. The van der Waals surface area contributed by atoms with Gasteiger partial charge in [0.15, 0.2) is 0 Å². The second kappa shape index (κ2) is 10.5. The quantitative estimate of drug-likeness (QED) is 0.158. The molecule has 12 nitrogen and oxygen atoms in total. The van der Waals surface area contributed by atoms with E-state index < -0.39 is 82.2 Å². The highest BCUT2D eigenvalue weighted by Gasteiger charge is 2.44. The van der Waals surface area contributed by atoms with E-state index in [0.717, 1.165) is 24.3 Å². The minimum Gasteiger partial charge on any atom is -0.359 e. The Morgan fingerprint density at radius 3 is 1.12 bits per heavy atom. The van der Waals surface area contributed by atoms with Gasteiger partial charge >= 0.3 is 8.75 Å². The summed E-state index contributed by atoms with van der Waals surface area (Å²) in [6.07, 6.45) is -0.871. The Hall–Kier alpha value is -3.00. The van der Waals surface area contributed by atoms with Crippen molar-refractivity contribution < 1.29 is 43.3 Å². The lowest BCUT2D eigenvalue weighted by Gasteiger charge is -2.04. The fraction of sp³-hybridized carbons (Fsp3) is 0.222. The Labute approximate surface area is 196 Å². The van der Waals surface area contributed by atoms with E-state index in [-0.39, 0.29) is 0 Å². The standard InChI is InChI=1S/C18H18N4O8S4/c19-21-17(33(27,28)15-9-3-1-4-10-15)31(23,24)13-7-8-14-32(25,26)18(22-20)34(29,30)16-11-5-2-6-12-16/h1-6,9-12H,7-8,13-14H2. The van der Waals surface area contributed by atoms with Gasteiger partial charge in [-0.05, 0) is 37.1 Å². The van der Waals surface area contributed by atoms with Crippen LogP contribution in [-0.4, -0.2) is 63.5 Å². The molecule has 0 heterocycles. The van der Waals surface area contributed by atoms with Crippen molar-refractivity contribution in [3.8, 4) is 0 Å². The van der Waals surface area contributed by atoms with Crippen LogP contribution in [0.1, 0.15) is 12.8 Å². The van der Waals surface area contributed by atoms with Crippen LogP contribution in [0.15, 0.2) is 70.5 Å². The van der Waals surface area contributed by atoms with Crippen molar-refractivity contribution in [2.75, 3.05) is 11.5 Å². The van der Waals surface area contributed by atoms with Gasteiger partial charge in [-0.25, -0.2) is 33.7 Å². The van der Waals surface area contributed by atoms with Gasteiger partial charge < -0.3 is 11.1 Å². The number of hydrogen-bond donors (Lipinski definition) is 0. The summed E-state index contributed by atoms with van der Waals surface area (Å²) in [6.45, 7) is 0. The van der Waals surface area contributed by atoms with E-state index in [1.165, 1.54) is 36.4 Å². The van der Waals surface area contributed by atoms with Crippen LogP contribution in [0, 0.1) is 0 Å². The summed E-state index contributed by atoms with van der Waals surface area (Å²) in [5.41, 5.74) is 18.1. The van der Waals surface area contributed by atoms with Crippen LogP contribution < -0.4 is 0 Å². The maximum Gasteiger partial charge on any atom is 0.499 e. The molecule has 0 fully saturated rings. The zero-order valence-corrected chi connectivity index (χ0v) is 20.6. The highest BCUT2D eigenvalue weighted by atomic mass is 32.3. The molecule has 0 N–H and O–H groups in total.